The fourth-order valence-corrected chi connectivity index (χ4v) is 2.63. The van der Waals surface area contributed by atoms with Crippen molar-refractivity contribution in [3.05, 3.63) is 0 Å². The molecule has 2 saturated heterocycles. The zero-order valence-electron chi connectivity index (χ0n) is 10.2. The lowest BCUT2D eigenvalue weighted by atomic mass is 9.88. The third-order valence-corrected chi connectivity index (χ3v) is 3.29. The summed E-state index contributed by atoms with van der Waals surface area (Å²) in [4.78, 5) is 21.9. The number of hydrogen-bond acceptors (Lipinski definition) is 5. The standard InChI is InChI=1S/C12H18O5/c1-7(13)15-9-3-5-12-10(16-8(2)14)4-6-11(9)17-12/h9-12H,3-6H2,1-2H3/t9-,10+,11-,12-/m0/s1. The molecule has 2 bridgehead atoms. The van der Waals surface area contributed by atoms with Crippen molar-refractivity contribution in [1.29, 1.82) is 0 Å². The van der Waals surface area contributed by atoms with E-state index in [-0.39, 0.29) is 36.4 Å². The Bertz CT molecular complexity index is 284. The Labute approximate surface area is 100 Å². The topological polar surface area (TPSA) is 61.8 Å². The van der Waals surface area contributed by atoms with Gasteiger partial charge in [0.05, 0.1) is 12.2 Å². The second-order valence-electron chi connectivity index (χ2n) is 4.66. The molecule has 2 rings (SSSR count). The Morgan fingerprint density at radius 3 is 1.65 bits per heavy atom. The van der Waals surface area contributed by atoms with Crippen molar-refractivity contribution < 1.29 is 23.8 Å². The lowest BCUT2D eigenvalue weighted by molar-refractivity contribution is -0.208. The first-order chi connectivity index (χ1) is 8.06. The first-order valence-corrected chi connectivity index (χ1v) is 6.06. The van der Waals surface area contributed by atoms with Gasteiger partial charge in [0.25, 0.3) is 0 Å². The van der Waals surface area contributed by atoms with Crippen molar-refractivity contribution >= 4 is 11.9 Å². The number of fused-ring (bicyclic) bond motifs is 2. The number of carbonyl (C=O) groups excluding carboxylic acids is 2. The maximum absolute atomic E-state index is 10.9. The van der Waals surface area contributed by atoms with E-state index in [1.807, 2.05) is 0 Å². The summed E-state index contributed by atoms with van der Waals surface area (Å²) >= 11 is 0. The van der Waals surface area contributed by atoms with Crippen molar-refractivity contribution in [2.75, 3.05) is 0 Å². The molecule has 0 aromatic heterocycles. The molecule has 2 aliphatic heterocycles. The van der Waals surface area contributed by atoms with Gasteiger partial charge in [-0.2, -0.15) is 0 Å². The normalized spacial score (nSPS) is 36.1. The highest BCUT2D eigenvalue weighted by atomic mass is 16.6. The molecule has 0 spiro atoms. The summed E-state index contributed by atoms with van der Waals surface area (Å²) in [7, 11) is 0. The number of ether oxygens (including phenoxy) is 3. The number of rotatable bonds is 2. The Morgan fingerprint density at radius 2 is 1.29 bits per heavy atom. The maximum atomic E-state index is 10.9. The van der Waals surface area contributed by atoms with Crippen LogP contribution < -0.4 is 0 Å². The van der Waals surface area contributed by atoms with Gasteiger partial charge in [-0.25, -0.2) is 0 Å². The van der Waals surface area contributed by atoms with E-state index in [2.05, 4.69) is 0 Å². The molecule has 4 atom stereocenters. The van der Waals surface area contributed by atoms with Gasteiger partial charge in [-0.15, -0.1) is 0 Å². The number of esters is 2. The molecular formula is C12H18O5. The minimum absolute atomic E-state index is 0.0375. The van der Waals surface area contributed by atoms with Crippen molar-refractivity contribution in [2.45, 2.75) is 63.9 Å². The fraction of sp³-hybridized carbons (Fsp3) is 0.833. The Kier molecular flexibility index (Phi) is 3.66. The highest BCUT2D eigenvalue weighted by Gasteiger charge is 2.42. The van der Waals surface area contributed by atoms with E-state index in [1.54, 1.807) is 0 Å². The summed E-state index contributed by atoms with van der Waals surface area (Å²) < 4.78 is 16.2. The van der Waals surface area contributed by atoms with Crippen LogP contribution >= 0.6 is 0 Å². The summed E-state index contributed by atoms with van der Waals surface area (Å²) in [6.45, 7) is 2.83. The van der Waals surface area contributed by atoms with E-state index in [4.69, 9.17) is 14.2 Å². The van der Waals surface area contributed by atoms with Gasteiger partial charge in [0.1, 0.15) is 12.2 Å². The molecule has 2 fully saturated rings. The lowest BCUT2D eigenvalue weighted by Crippen LogP contribution is -2.50. The third kappa shape index (κ3) is 2.97. The fourth-order valence-electron chi connectivity index (χ4n) is 2.63. The van der Waals surface area contributed by atoms with Gasteiger partial charge in [0.2, 0.25) is 0 Å². The molecule has 96 valence electrons. The van der Waals surface area contributed by atoms with Crippen LogP contribution in [-0.4, -0.2) is 36.4 Å². The van der Waals surface area contributed by atoms with E-state index in [1.165, 1.54) is 13.8 Å². The summed E-state index contributed by atoms with van der Waals surface area (Å²) in [6.07, 6.45) is 2.76. The van der Waals surface area contributed by atoms with Gasteiger partial charge in [-0.05, 0) is 25.7 Å². The van der Waals surface area contributed by atoms with Crippen LogP contribution in [0.3, 0.4) is 0 Å². The molecule has 0 aromatic rings. The van der Waals surface area contributed by atoms with E-state index in [0.717, 1.165) is 25.7 Å². The lowest BCUT2D eigenvalue weighted by Gasteiger charge is -2.43. The number of carbonyl (C=O) groups is 2. The molecule has 0 aliphatic carbocycles. The third-order valence-electron chi connectivity index (χ3n) is 3.29. The van der Waals surface area contributed by atoms with Crippen molar-refractivity contribution in [2.24, 2.45) is 0 Å². The highest BCUT2D eigenvalue weighted by molar-refractivity contribution is 5.66. The Balaban J connectivity index is 1.91. The van der Waals surface area contributed by atoms with Crippen LogP contribution in [0.15, 0.2) is 0 Å². The quantitative estimate of drug-likeness (QED) is 0.681. The second-order valence-corrected chi connectivity index (χ2v) is 4.66. The average molecular weight is 242 g/mol. The maximum Gasteiger partial charge on any atom is 0.302 e. The molecule has 0 saturated carbocycles. The van der Waals surface area contributed by atoms with Crippen LogP contribution in [0.1, 0.15) is 39.5 Å². The largest absolute Gasteiger partial charge is 0.460 e. The highest BCUT2D eigenvalue weighted by Crippen LogP contribution is 2.34. The monoisotopic (exact) mass is 242 g/mol. The first kappa shape index (κ1) is 12.4. The predicted octanol–water partition coefficient (Wildman–Crippen LogP) is 1.19. The Morgan fingerprint density at radius 1 is 0.882 bits per heavy atom. The molecule has 5 nitrogen and oxygen atoms in total. The van der Waals surface area contributed by atoms with E-state index in [0.29, 0.717) is 0 Å². The molecule has 0 N–H and O–H groups in total. The van der Waals surface area contributed by atoms with Crippen LogP contribution in [0.4, 0.5) is 0 Å². The zero-order chi connectivity index (χ0) is 12.4. The molecule has 0 amide bonds. The van der Waals surface area contributed by atoms with Gasteiger partial charge < -0.3 is 14.2 Å². The molecule has 5 heteroatoms. The van der Waals surface area contributed by atoms with Gasteiger partial charge >= 0.3 is 11.9 Å². The Hall–Kier alpha value is -1.10. The van der Waals surface area contributed by atoms with Crippen LogP contribution in [0, 0.1) is 0 Å². The molecule has 0 aromatic carbocycles. The van der Waals surface area contributed by atoms with Crippen LogP contribution in [0.5, 0.6) is 0 Å². The summed E-state index contributed by atoms with van der Waals surface area (Å²) in [5.74, 6) is -0.529. The van der Waals surface area contributed by atoms with Gasteiger partial charge in [0.15, 0.2) is 0 Å². The summed E-state index contributed by atoms with van der Waals surface area (Å²) in [5.41, 5.74) is 0. The van der Waals surface area contributed by atoms with Gasteiger partial charge in [-0.3, -0.25) is 9.59 Å². The van der Waals surface area contributed by atoms with Crippen LogP contribution in [-0.2, 0) is 23.8 Å². The molecule has 17 heavy (non-hydrogen) atoms. The van der Waals surface area contributed by atoms with Crippen LogP contribution in [0.2, 0.25) is 0 Å². The molecule has 0 radical (unpaired) electrons. The molecular weight excluding hydrogens is 224 g/mol. The number of hydrogen-bond donors (Lipinski definition) is 0. The zero-order valence-corrected chi connectivity index (χ0v) is 10.2. The summed E-state index contributed by atoms with van der Waals surface area (Å²) in [5, 5.41) is 0. The van der Waals surface area contributed by atoms with E-state index >= 15 is 0 Å². The minimum Gasteiger partial charge on any atom is -0.460 e. The minimum atomic E-state index is -0.265. The first-order valence-electron chi connectivity index (χ1n) is 6.06. The van der Waals surface area contributed by atoms with Crippen LogP contribution in [0.25, 0.3) is 0 Å². The van der Waals surface area contributed by atoms with Gasteiger partial charge in [-0.1, -0.05) is 0 Å². The van der Waals surface area contributed by atoms with Crippen molar-refractivity contribution in [3.63, 3.8) is 0 Å². The molecule has 0 unspecified atom stereocenters. The van der Waals surface area contributed by atoms with Crippen molar-refractivity contribution in [3.8, 4) is 0 Å². The second kappa shape index (κ2) is 5.04. The molecule has 2 heterocycles. The molecule has 2 aliphatic rings. The predicted molar refractivity (Wildman–Crippen MR) is 58.2 cm³/mol. The SMILES string of the molecule is CC(=O)O[C@H]1CC[C@@H]2O[C@H]1CC[C@H]2OC(C)=O. The van der Waals surface area contributed by atoms with E-state index in [9.17, 15) is 9.59 Å². The summed E-state index contributed by atoms with van der Waals surface area (Å²) in [6, 6.07) is 0. The van der Waals surface area contributed by atoms with Gasteiger partial charge in [0, 0.05) is 13.8 Å². The average Bonchev–Trinajstić information content (AvgIpc) is 2.24. The van der Waals surface area contributed by atoms with Crippen molar-refractivity contribution in [1.82, 2.24) is 0 Å². The smallest absolute Gasteiger partial charge is 0.302 e. The van der Waals surface area contributed by atoms with E-state index < -0.39 is 0 Å².